The Morgan fingerprint density at radius 3 is 2.11 bits per heavy atom. The number of carbonyl (C=O) groups is 2. The van der Waals surface area contributed by atoms with Gasteiger partial charge in [0, 0.05) is 46.7 Å². The molecule has 2 N–H and O–H groups in total. The van der Waals surface area contributed by atoms with Crippen LogP contribution in [-0.2, 0) is 4.79 Å². The number of unbranched alkanes of at least 4 members (excludes halogenated alkanes) is 1. The minimum Gasteiger partial charge on any atom is -0.339 e. The van der Waals surface area contributed by atoms with Gasteiger partial charge in [-0.1, -0.05) is 0 Å². The summed E-state index contributed by atoms with van der Waals surface area (Å²) in [5, 5.41) is 0. The van der Waals surface area contributed by atoms with Crippen LogP contribution in [0.4, 0.5) is 4.79 Å². The van der Waals surface area contributed by atoms with Gasteiger partial charge in [0.25, 0.3) is 0 Å². The van der Waals surface area contributed by atoms with E-state index in [-0.39, 0.29) is 11.9 Å². The zero-order valence-corrected chi connectivity index (χ0v) is 11.4. The van der Waals surface area contributed by atoms with E-state index < -0.39 is 0 Å². The third-order valence-electron chi connectivity index (χ3n) is 3.13. The summed E-state index contributed by atoms with van der Waals surface area (Å²) in [5.41, 5.74) is 5.40. The molecule has 1 aliphatic heterocycles. The van der Waals surface area contributed by atoms with Crippen molar-refractivity contribution in [2.24, 2.45) is 5.73 Å². The van der Waals surface area contributed by atoms with Gasteiger partial charge in [-0.05, 0) is 19.4 Å². The molecule has 0 bridgehead atoms. The smallest absolute Gasteiger partial charge is 0.319 e. The number of piperazine rings is 1. The van der Waals surface area contributed by atoms with Crippen molar-refractivity contribution < 1.29 is 9.59 Å². The molecule has 18 heavy (non-hydrogen) atoms. The number of rotatable bonds is 4. The van der Waals surface area contributed by atoms with Crippen LogP contribution in [0.5, 0.6) is 0 Å². The van der Waals surface area contributed by atoms with Gasteiger partial charge < -0.3 is 20.4 Å². The molecule has 0 aromatic rings. The van der Waals surface area contributed by atoms with Crippen molar-refractivity contribution in [1.29, 1.82) is 0 Å². The Labute approximate surface area is 109 Å². The summed E-state index contributed by atoms with van der Waals surface area (Å²) in [5.74, 6) is 0.181. The molecule has 104 valence electrons. The van der Waals surface area contributed by atoms with Gasteiger partial charge in [-0.2, -0.15) is 0 Å². The lowest BCUT2D eigenvalue weighted by Gasteiger charge is -2.36. The fourth-order valence-electron chi connectivity index (χ4n) is 2.01. The second-order valence-corrected chi connectivity index (χ2v) is 4.79. The second-order valence-electron chi connectivity index (χ2n) is 4.79. The fraction of sp³-hybridized carbons (Fsp3) is 0.833. The minimum absolute atomic E-state index is 0.0187. The van der Waals surface area contributed by atoms with Gasteiger partial charge in [0.2, 0.25) is 5.91 Å². The topological polar surface area (TPSA) is 69.9 Å². The van der Waals surface area contributed by atoms with Crippen molar-refractivity contribution in [2.75, 3.05) is 46.8 Å². The molecular formula is C12H24N4O2. The number of nitrogens with two attached hydrogens (primary N) is 1. The Hall–Kier alpha value is -1.30. The lowest BCUT2D eigenvalue weighted by atomic mass is 10.2. The van der Waals surface area contributed by atoms with Crippen LogP contribution in [0.1, 0.15) is 19.3 Å². The van der Waals surface area contributed by atoms with Crippen LogP contribution in [-0.4, -0.2) is 73.5 Å². The first kappa shape index (κ1) is 14.8. The molecule has 6 nitrogen and oxygen atoms in total. The first-order valence-corrected chi connectivity index (χ1v) is 6.50. The van der Waals surface area contributed by atoms with E-state index in [2.05, 4.69) is 0 Å². The zero-order chi connectivity index (χ0) is 13.5. The van der Waals surface area contributed by atoms with Crippen LogP contribution < -0.4 is 5.73 Å². The van der Waals surface area contributed by atoms with Gasteiger partial charge in [-0.3, -0.25) is 4.79 Å². The molecule has 6 heteroatoms. The van der Waals surface area contributed by atoms with Crippen molar-refractivity contribution in [3.8, 4) is 0 Å². The highest BCUT2D eigenvalue weighted by atomic mass is 16.2. The standard InChI is InChI=1S/C12H24N4O2/c1-14(2)12(18)16-9-7-15(8-10-16)11(17)5-3-4-6-13/h3-10,13H2,1-2H3. The summed E-state index contributed by atoms with van der Waals surface area (Å²) in [6, 6.07) is 0.0187. The number of hydrogen-bond acceptors (Lipinski definition) is 3. The number of hydrogen-bond donors (Lipinski definition) is 1. The monoisotopic (exact) mass is 256 g/mol. The predicted molar refractivity (Wildman–Crippen MR) is 70.1 cm³/mol. The minimum atomic E-state index is 0.0187. The molecule has 1 rings (SSSR count). The van der Waals surface area contributed by atoms with Crippen molar-refractivity contribution in [3.63, 3.8) is 0 Å². The average molecular weight is 256 g/mol. The molecule has 0 saturated carbocycles. The first-order chi connectivity index (χ1) is 8.56. The van der Waals surface area contributed by atoms with Gasteiger partial charge in [-0.15, -0.1) is 0 Å². The van der Waals surface area contributed by atoms with Crippen LogP contribution >= 0.6 is 0 Å². The lowest BCUT2D eigenvalue weighted by molar-refractivity contribution is -0.132. The Kier molecular flexibility index (Phi) is 5.91. The molecule has 0 radical (unpaired) electrons. The molecule has 0 spiro atoms. The highest BCUT2D eigenvalue weighted by Gasteiger charge is 2.24. The van der Waals surface area contributed by atoms with Crippen LogP contribution in [0.2, 0.25) is 0 Å². The van der Waals surface area contributed by atoms with E-state index in [0.717, 1.165) is 12.8 Å². The summed E-state index contributed by atoms with van der Waals surface area (Å²) in [6.45, 7) is 3.17. The summed E-state index contributed by atoms with van der Waals surface area (Å²) in [4.78, 5) is 28.8. The molecule has 1 saturated heterocycles. The molecule has 1 heterocycles. The highest BCUT2D eigenvalue weighted by molar-refractivity contribution is 5.77. The molecule has 0 atom stereocenters. The van der Waals surface area contributed by atoms with Crippen LogP contribution in [0.3, 0.4) is 0 Å². The van der Waals surface area contributed by atoms with E-state index in [0.29, 0.717) is 39.1 Å². The van der Waals surface area contributed by atoms with Crippen molar-refractivity contribution in [1.82, 2.24) is 14.7 Å². The summed E-state index contributed by atoms with van der Waals surface area (Å²) in [6.07, 6.45) is 2.32. The van der Waals surface area contributed by atoms with Gasteiger partial charge in [-0.25, -0.2) is 4.79 Å². The normalized spacial score (nSPS) is 15.7. The van der Waals surface area contributed by atoms with Crippen molar-refractivity contribution >= 4 is 11.9 Å². The number of nitrogens with zero attached hydrogens (tertiary/aromatic N) is 3. The maximum absolute atomic E-state index is 11.9. The molecule has 1 aliphatic rings. The maximum atomic E-state index is 11.9. The molecular weight excluding hydrogens is 232 g/mol. The average Bonchev–Trinajstić information content (AvgIpc) is 2.38. The quantitative estimate of drug-likeness (QED) is 0.716. The van der Waals surface area contributed by atoms with Crippen LogP contribution in [0.25, 0.3) is 0 Å². The number of amides is 3. The Morgan fingerprint density at radius 1 is 1.06 bits per heavy atom. The van der Waals surface area contributed by atoms with E-state index in [1.54, 1.807) is 23.9 Å². The summed E-state index contributed by atoms with van der Waals surface area (Å²) >= 11 is 0. The summed E-state index contributed by atoms with van der Waals surface area (Å²) in [7, 11) is 3.49. The summed E-state index contributed by atoms with van der Waals surface area (Å²) < 4.78 is 0. The fourth-order valence-corrected chi connectivity index (χ4v) is 2.01. The Bertz CT molecular complexity index is 286. The van der Waals surface area contributed by atoms with Crippen molar-refractivity contribution in [3.05, 3.63) is 0 Å². The SMILES string of the molecule is CN(C)C(=O)N1CCN(C(=O)CCCCN)CC1. The number of urea groups is 1. The molecule has 0 aromatic carbocycles. The van der Waals surface area contributed by atoms with E-state index in [1.165, 1.54) is 0 Å². The maximum Gasteiger partial charge on any atom is 0.319 e. The van der Waals surface area contributed by atoms with Gasteiger partial charge in [0.05, 0.1) is 0 Å². The second kappa shape index (κ2) is 7.20. The van der Waals surface area contributed by atoms with Crippen LogP contribution in [0.15, 0.2) is 0 Å². The predicted octanol–water partition coefficient (Wildman–Crippen LogP) is -0.0588. The first-order valence-electron chi connectivity index (χ1n) is 6.50. The largest absolute Gasteiger partial charge is 0.339 e. The third kappa shape index (κ3) is 4.18. The Morgan fingerprint density at radius 2 is 1.61 bits per heavy atom. The van der Waals surface area contributed by atoms with Gasteiger partial charge >= 0.3 is 6.03 Å². The highest BCUT2D eigenvalue weighted by Crippen LogP contribution is 2.07. The third-order valence-corrected chi connectivity index (χ3v) is 3.13. The molecule has 0 unspecified atom stereocenters. The zero-order valence-electron chi connectivity index (χ0n) is 11.4. The van der Waals surface area contributed by atoms with Crippen LogP contribution in [0, 0.1) is 0 Å². The molecule has 0 aliphatic carbocycles. The van der Waals surface area contributed by atoms with E-state index in [9.17, 15) is 9.59 Å². The molecule has 0 aromatic heterocycles. The Balaban J connectivity index is 2.30. The molecule has 1 fully saturated rings. The van der Waals surface area contributed by atoms with E-state index in [4.69, 9.17) is 5.73 Å². The lowest BCUT2D eigenvalue weighted by Crippen LogP contribution is -2.52. The number of carbonyl (C=O) groups excluding carboxylic acids is 2. The van der Waals surface area contributed by atoms with Gasteiger partial charge in [0.15, 0.2) is 0 Å². The van der Waals surface area contributed by atoms with Crippen molar-refractivity contribution in [2.45, 2.75) is 19.3 Å². The molecule has 3 amide bonds. The van der Waals surface area contributed by atoms with E-state index in [1.807, 2.05) is 4.90 Å². The van der Waals surface area contributed by atoms with Gasteiger partial charge in [0.1, 0.15) is 0 Å². The van der Waals surface area contributed by atoms with E-state index >= 15 is 0 Å².